The molecule has 1 amide bonds. The summed E-state index contributed by atoms with van der Waals surface area (Å²) in [5.41, 5.74) is 2.85. The molecule has 0 aliphatic rings. The largest absolute Gasteiger partial charge is 0.328 e. The Labute approximate surface area is 132 Å². The molecule has 0 saturated heterocycles. The highest BCUT2D eigenvalue weighted by atomic mass is 16.2. The molecule has 0 spiro atoms. The summed E-state index contributed by atoms with van der Waals surface area (Å²) in [6.07, 6.45) is 9.91. The lowest BCUT2D eigenvalue weighted by Crippen LogP contribution is -2.27. The highest BCUT2D eigenvalue weighted by Crippen LogP contribution is 2.27. The van der Waals surface area contributed by atoms with Crippen molar-refractivity contribution in [1.82, 2.24) is 9.97 Å². The number of rotatable bonds is 6. The third-order valence-corrected chi connectivity index (χ3v) is 3.27. The van der Waals surface area contributed by atoms with Crippen molar-refractivity contribution in [3.05, 3.63) is 48.6 Å². The van der Waals surface area contributed by atoms with Crippen LogP contribution in [0.5, 0.6) is 0 Å². The van der Waals surface area contributed by atoms with Crippen molar-refractivity contribution in [3.8, 4) is 0 Å². The van der Waals surface area contributed by atoms with Crippen molar-refractivity contribution in [3.63, 3.8) is 0 Å². The smallest absolute Gasteiger partial charge is 0.223 e. The quantitative estimate of drug-likeness (QED) is 0.597. The highest BCUT2D eigenvalue weighted by Gasteiger charge is 2.16. The minimum Gasteiger partial charge on any atom is -0.328 e. The first kappa shape index (κ1) is 17.6. The summed E-state index contributed by atoms with van der Waals surface area (Å²) in [7, 11) is 3.61. The molecule has 5 heteroatoms. The summed E-state index contributed by atoms with van der Waals surface area (Å²) in [6, 6.07) is 0. The summed E-state index contributed by atoms with van der Waals surface area (Å²) in [4.78, 5) is 23.4. The van der Waals surface area contributed by atoms with Crippen LogP contribution in [0, 0.1) is 0 Å². The fourth-order valence-electron chi connectivity index (χ4n) is 1.88. The van der Waals surface area contributed by atoms with E-state index in [1.807, 2.05) is 11.9 Å². The number of carbonyl (C=O) groups is 1. The van der Waals surface area contributed by atoms with E-state index in [-0.39, 0.29) is 5.91 Å². The topological polar surface area (TPSA) is 49.3 Å². The van der Waals surface area contributed by atoms with E-state index < -0.39 is 0 Å². The molecular formula is C17H24N4O. The lowest BCUT2D eigenvalue weighted by molar-refractivity contribution is -0.116. The average Bonchev–Trinajstić information content (AvgIpc) is 2.49. The van der Waals surface area contributed by atoms with Crippen LogP contribution in [0.25, 0.3) is 0 Å². The zero-order valence-corrected chi connectivity index (χ0v) is 14.0. The Morgan fingerprint density at radius 1 is 1.23 bits per heavy atom. The molecule has 0 aromatic carbocycles. The van der Waals surface area contributed by atoms with Crippen LogP contribution < -0.4 is 9.80 Å². The maximum Gasteiger partial charge on any atom is 0.223 e. The molecule has 5 nitrogen and oxygen atoms in total. The highest BCUT2D eigenvalue weighted by molar-refractivity contribution is 5.94. The second-order valence-corrected chi connectivity index (χ2v) is 5.22. The standard InChI is InChI=1S/C17H24N4O/c1-7-15(10-8-9-13(2)3)21(6)17-16(11-18-12-19-17)20(5)14(4)22/h7,9-12H,1,8H2,2-6H3/b15-10+. The molecule has 0 aliphatic carbocycles. The van der Waals surface area contributed by atoms with E-state index in [1.54, 1.807) is 19.3 Å². The summed E-state index contributed by atoms with van der Waals surface area (Å²) in [6.45, 7) is 9.50. The van der Waals surface area contributed by atoms with Crippen molar-refractivity contribution in [2.75, 3.05) is 23.9 Å². The number of anilines is 2. The predicted octanol–water partition coefficient (Wildman–Crippen LogP) is 3.32. The van der Waals surface area contributed by atoms with Gasteiger partial charge in [-0.15, -0.1) is 0 Å². The first-order valence-corrected chi connectivity index (χ1v) is 7.12. The SMILES string of the molecule is C=C/C(=C\CC=C(C)C)N(C)c1ncncc1N(C)C(C)=O. The van der Waals surface area contributed by atoms with Gasteiger partial charge in [0.25, 0.3) is 0 Å². The number of amides is 1. The fraction of sp³-hybridized carbons (Fsp3) is 0.353. The van der Waals surface area contributed by atoms with E-state index in [2.05, 4.69) is 42.5 Å². The molecule has 1 aromatic rings. The van der Waals surface area contributed by atoms with E-state index in [9.17, 15) is 4.79 Å². The number of hydrogen-bond acceptors (Lipinski definition) is 4. The Kier molecular flexibility index (Phi) is 6.50. The molecule has 0 atom stereocenters. The molecule has 0 N–H and O–H groups in total. The Balaban J connectivity index is 3.15. The maximum atomic E-state index is 11.6. The van der Waals surface area contributed by atoms with E-state index in [0.29, 0.717) is 11.5 Å². The van der Waals surface area contributed by atoms with Gasteiger partial charge in [0.15, 0.2) is 5.82 Å². The van der Waals surface area contributed by atoms with E-state index in [4.69, 9.17) is 0 Å². The third-order valence-electron chi connectivity index (χ3n) is 3.27. The van der Waals surface area contributed by atoms with Gasteiger partial charge < -0.3 is 9.80 Å². The molecule has 1 aromatic heterocycles. The third kappa shape index (κ3) is 4.55. The van der Waals surface area contributed by atoms with E-state index in [0.717, 1.165) is 12.1 Å². The Morgan fingerprint density at radius 3 is 2.45 bits per heavy atom. The van der Waals surface area contributed by atoms with Gasteiger partial charge in [-0.2, -0.15) is 0 Å². The lowest BCUT2D eigenvalue weighted by Gasteiger charge is -2.25. The van der Waals surface area contributed by atoms with Crippen LogP contribution in [0.1, 0.15) is 27.2 Å². The number of carbonyl (C=O) groups excluding carboxylic acids is 1. The molecule has 0 aliphatic heterocycles. The van der Waals surface area contributed by atoms with Crippen LogP contribution in [0.3, 0.4) is 0 Å². The average molecular weight is 300 g/mol. The van der Waals surface area contributed by atoms with Gasteiger partial charge in [-0.05, 0) is 26.3 Å². The van der Waals surface area contributed by atoms with E-state index >= 15 is 0 Å². The molecule has 118 valence electrons. The van der Waals surface area contributed by atoms with Crippen molar-refractivity contribution < 1.29 is 4.79 Å². The van der Waals surface area contributed by atoms with Gasteiger partial charge >= 0.3 is 0 Å². The van der Waals surface area contributed by atoms with Gasteiger partial charge in [-0.25, -0.2) is 9.97 Å². The molecule has 0 saturated carbocycles. The van der Waals surface area contributed by atoms with Crippen molar-refractivity contribution in [2.24, 2.45) is 0 Å². The second-order valence-electron chi connectivity index (χ2n) is 5.22. The monoisotopic (exact) mass is 300 g/mol. The number of hydrogen-bond donors (Lipinski definition) is 0. The lowest BCUT2D eigenvalue weighted by atomic mass is 10.2. The van der Waals surface area contributed by atoms with Crippen LogP contribution in [-0.4, -0.2) is 30.0 Å². The molecule has 1 rings (SSSR count). The van der Waals surface area contributed by atoms with Crippen LogP contribution in [0.2, 0.25) is 0 Å². The van der Waals surface area contributed by atoms with Crippen LogP contribution in [-0.2, 0) is 4.79 Å². The van der Waals surface area contributed by atoms with Gasteiger partial charge in [0, 0.05) is 26.7 Å². The summed E-state index contributed by atoms with van der Waals surface area (Å²) in [5.74, 6) is 0.592. The fourth-order valence-corrected chi connectivity index (χ4v) is 1.88. The molecular weight excluding hydrogens is 276 g/mol. The van der Waals surface area contributed by atoms with Gasteiger partial charge in [-0.1, -0.05) is 24.3 Å². The minimum absolute atomic E-state index is 0.0712. The Bertz CT molecular complexity index is 600. The van der Waals surface area contributed by atoms with Gasteiger partial charge in [0.1, 0.15) is 12.0 Å². The zero-order valence-electron chi connectivity index (χ0n) is 14.0. The first-order chi connectivity index (χ1) is 10.4. The van der Waals surface area contributed by atoms with Crippen molar-refractivity contribution in [2.45, 2.75) is 27.2 Å². The first-order valence-electron chi connectivity index (χ1n) is 7.12. The molecule has 0 unspecified atom stereocenters. The second kappa shape index (κ2) is 8.12. The van der Waals surface area contributed by atoms with Crippen LogP contribution in [0.4, 0.5) is 11.5 Å². The van der Waals surface area contributed by atoms with Gasteiger partial charge in [0.05, 0.1) is 6.20 Å². The maximum absolute atomic E-state index is 11.6. The molecule has 0 fully saturated rings. The summed E-state index contributed by atoms with van der Waals surface area (Å²) < 4.78 is 0. The van der Waals surface area contributed by atoms with Gasteiger partial charge in [0.2, 0.25) is 5.91 Å². The van der Waals surface area contributed by atoms with Gasteiger partial charge in [-0.3, -0.25) is 4.79 Å². The summed E-state index contributed by atoms with van der Waals surface area (Å²) >= 11 is 0. The van der Waals surface area contributed by atoms with Crippen LogP contribution in [0.15, 0.2) is 48.6 Å². The zero-order chi connectivity index (χ0) is 16.7. The molecule has 0 bridgehead atoms. The number of aromatic nitrogens is 2. The Hall–Kier alpha value is -2.43. The van der Waals surface area contributed by atoms with Crippen LogP contribution >= 0.6 is 0 Å². The Morgan fingerprint density at radius 2 is 1.91 bits per heavy atom. The van der Waals surface area contributed by atoms with Crippen molar-refractivity contribution in [1.29, 1.82) is 0 Å². The molecule has 0 radical (unpaired) electrons. The molecule has 1 heterocycles. The normalized spacial score (nSPS) is 10.9. The summed E-state index contributed by atoms with van der Waals surface area (Å²) in [5, 5.41) is 0. The predicted molar refractivity (Wildman–Crippen MR) is 91.8 cm³/mol. The minimum atomic E-state index is -0.0712. The van der Waals surface area contributed by atoms with E-state index in [1.165, 1.54) is 23.7 Å². The van der Waals surface area contributed by atoms with Crippen molar-refractivity contribution >= 4 is 17.4 Å². The number of allylic oxidation sites excluding steroid dienone is 4. The molecule has 22 heavy (non-hydrogen) atoms. The number of nitrogens with zero attached hydrogens (tertiary/aromatic N) is 4. The number of likely N-dealkylation sites (N-methyl/N-ethyl adjacent to an activating group) is 1.